The summed E-state index contributed by atoms with van der Waals surface area (Å²) in [6.07, 6.45) is -1.08. The Morgan fingerprint density at radius 3 is 2.04 bits per heavy atom. The van der Waals surface area contributed by atoms with Crippen LogP contribution < -0.4 is 0 Å². The van der Waals surface area contributed by atoms with E-state index < -0.39 is 12.3 Å². The number of hydrogen-bond acceptors (Lipinski definition) is 7. The number of amides is 2. The van der Waals surface area contributed by atoms with Crippen LogP contribution in [0.4, 0.5) is 0 Å². The minimum absolute atomic E-state index is 0.00111. The molecule has 0 radical (unpaired) electrons. The number of aliphatic hydroxyl groups is 1. The van der Waals surface area contributed by atoms with Gasteiger partial charge >= 0.3 is 5.97 Å². The van der Waals surface area contributed by atoms with Crippen LogP contribution in [0.25, 0.3) is 11.1 Å². The summed E-state index contributed by atoms with van der Waals surface area (Å²) in [5.41, 5.74) is 6.57. The molecule has 0 saturated carbocycles. The van der Waals surface area contributed by atoms with Gasteiger partial charge in [-0.05, 0) is 70.3 Å². The van der Waals surface area contributed by atoms with Gasteiger partial charge in [-0.15, -0.1) is 11.8 Å². The van der Waals surface area contributed by atoms with E-state index >= 15 is 0 Å². The summed E-state index contributed by atoms with van der Waals surface area (Å²) in [5.74, 6) is -0.881. The molecule has 8 nitrogen and oxygen atoms in total. The number of fused-ring (bicyclic) bond motifs is 1. The van der Waals surface area contributed by atoms with Crippen molar-refractivity contribution in [2.24, 2.45) is 5.92 Å². The number of rotatable bonds is 10. The topological polar surface area (TPSA) is 113 Å². The molecule has 0 aromatic heterocycles. The summed E-state index contributed by atoms with van der Waals surface area (Å²) in [4.78, 5) is 39.4. The number of aliphatic hydroxyl groups excluding tert-OH is 1. The summed E-state index contributed by atoms with van der Waals surface area (Å²) in [5, 5.41) is 18.8. The highest BCUT2D eigenvalue weighted by Crippen LogP contribution is 2.43. The molecule has 2 amide bonds. The van der Waals surface area contributed by atoms with Crippen molar-refractivity contribution in [3.8, 4) is 11.1 Å². The lowest BCUT2D eigenvalue weighted by Gasteiger charge is -2.41. The van der Waals surface area contributed by atoms with Crippen molar-refractivity contribution in [2.45, 2.75) is 43.5 Å². The van der Waals surface area contributed by atoms with Gasteiger partial charge in [-0.1, -0.05) is 85.8 Å². The van der Waals surface area contributed by atoms with Crippen molar-refractivity contribution in [1.29, 1.82) is 0 Å². The third-order valence-corrected chi connectivity index (χ3v) is 10.4. The summed E-state index contributed by atoms with van der Waals surface area (Å²) < 4.78 is 13.2. The molecule has 0 aliphatic carbocycles. The first-order valence-electron chi connectivity index (χ1n) is 16.4. The van der Waals surface area contributed by atoms with Crippen LogP contribution in [0.1, 0.15) is 72.6 Å². The van der Waals surface area contributed by atoms with E-state index in [4.69, 9.17) is 9.47 Å². The summed E-state index contributed by atoms with van der Waals surface area (Å²) in [7, 11) is 0. The summed E-state index contributed by atoms with van der Waals surface area (Å²) >= 11 is 1.61. The molecule has 5 aromatic carbocycles. The smallest absolute Gasteiger partial charge is 0.335 e. The largest absolute Gasteiger partial charge is 0.478 e. The molecule has 2 aliphatic rings. The highest BCUT2D eigenvalue weighted by molar-refractivity contribution is 7.99. The molecule has 1 saturated heterocycles. The molecule has 7 rings (SSSR count). The van der Waals surface area contributed by atoms with Gasteiger partial charge in [0.2, 0.25) is 0 Å². The molecule has 1 fully saturated rings. The molecular weight excluding hydrogens is 651 g/mol. The zero-order valence-electron chi connectivity index (χ0n) is 27.3. The van der Waals surface area contributed by atoms with E-state index in [0.29, 0.717) is 16.9 Å². The predicted molar refractivity (Wildman–Crippen MR) is 190 cm³/mol. The lowest BCUT2D eigenvalue weighted by molar-refractivity contribution is -0.268. The zero-order chi connectivity index (χ0) is 34.8. The molecule has 0 spiro atoms. The Kier molecular flexibility index (Phi) is 9.65. The fourth-order valence-corrected chi connectivity index (χ4v) is 7.50. The first kappa shape index (κ1) is 33.4. The van der Waals surface area contributed by atoms with E-state index in [1.165, 1.54) is 4.90 Å². The van der Waals surface area contributed by atoms with Gasteiger partial charge in [0.05, 0.1) is 42.0 Å². The number of carboxylic acids is 1. The van der Waals surface area contributed by atoms with Crippen LogP contribution in [0, 0.1) is 5.92 Å². The SMILES string of the molecule is CC1C(CSc2ccc(C(=O)O)cc2)OC(c2ccc(-c3cccc(CN4C(=O)c5ccccc5C4=O)c3)cc2)OC1c1ccc(CO)cc1. The molecule has 2 N–H and O–H groups in total. The fourth-order valence-electron chi connectivity index (χ4n) is 6.43. The molecule has 2 aliphatic heterocycles. The van der Waals surface area contributed by atoms with Gasteiger partial charge in [-0.25, -0.2) is 4.79 Å². The number of carboxylic acid groups (broad SMARTS) is 1. The van der Waals surface area contributed by atoms with E-state index in [-0.39, 0.29) is 48.7 Å². The third-order valence-electron chi connectivity index (χ3n) is 9.30. The van der Waals surface area contributed by atoms with Crippen LogP contribution in [0.15, 0.2) is 126 Å². The molecule has 50 heavy (non-hydrogen) atoms. The van der Waals surface area contributed by atoms with Crippen molar-refractivity contribution >= 4 is 29.5 Å². The maximum atomic E-state index is 12.9. The quantitative estimate of drug-likeness (QED) is 0.113. The number of aromatic carboxylic acids is 1. The lowest BCUT2D eigenvalue weighted by Crippen LogP contribution is -2.38. The van der Waals surface area contributed by atoms with E-state index in [2.05, 4.69) is 6.92 Å². The summed E-state index contributed by atoms with van der Waals surface area (Å²) in [6, 6.07) is 37.4. The standard InChI is InChI=1S/C41H35NO7S/c1-25-36(24-50-33-19-17-30(18-20-33)40(46)47)48-41(49-37(25)29-11-9-26(23-43)10-12-29)31-15-13-28(14-16-31)32-6-4-5-27(21-32)22-42-38(44)34-7-2-3-8-35(34)39(42)45/h2-21,25,36-37,41,43H,22-24H2,1H3,(H,46,47). The van der Waals surface area contributed by atoms with Crippen LogP contribution in [0.3, 0.4) is 0 Å². The average Bonchev–Trinajstić information content (AvgIpc) is 3.39. The Hall–Kier alpha value is -5.06. The molecule has 9 heteroatoms. The molecule has 2 heterocycles. The third kappa shape index (κ3) is 6.86. The normalized spacial score (nSPS) is 20.2. The zero-order valence-corrected chi connectivity index (χ0v) is 28.1. The number of benzene rings is 5. The van der Waals surface area contributed by atoms with E-state index in [0.717, 1.165) is 38.3 Å². The molecule has 4 unspecified atom stereocenters. The lowest BCUT2D eigenvalue weighted by atomic mass is 9.91. The number of ether oxygens (including phenoxy) is 2. The number of nitrogens with zero attached hydrogens (tertiary/aromatic N) is 1. The second-order valence-corrected chi connectivity index (χ2v) is 13.6. The van der Waals surface area contributed by atoms with Crippen LogP contribution in [0.5, 0.6) is 0 Å². The molecule has 5 aromatic rings. The average molecular weight is 686 g/mol. The summed E-state index contributed by atoms with van der Waals surface area (Å²) in [6.45, 7) is 2.26. The fraction of sp³-hybridized carbons (Fsp3) is 0.195. The number of carbonyl (C=O) groups is 3. The predicted octanol–water partition coefficient (Wildman–Crippen LogP) is 7.92. The van der Waals surface area contributed by atoms with Crippen LogP contribution in [0.2, 0.25) is 0 Å². The van der Waals surface area contributed by atoms with E-state index in [9.17, 15) is 24.6 Å². The van der Waals surface area contributed by atoms with Gasteiger partial charge < -0.3 is 19.7 Å². The van der Waals surface area contributed by atoms with Gasteiger partial charge in [0.15, 0.2) is 6.29 Å². The van der Waals surface area contributed by atoms with E-state index in [1.807, 2.05) is 84.9 Å². The maximum Gasteiger partial charge on any atom is 0.335 e. The van der Waals surface area contributed by atoms with Crippen molar-refractivity contribution in [2.75, 3.05) is 5.75 Å². The van der Waals surface area contributed by atoms with Crippen molar-refractivity contribution < 1.29 is 34.1 Å². The molecule has 4 atom stereocenters. The minimum Gasteiger partial charge on any atom is -0.478 e. The van der Waals surface area contributed by atoms with Gasteiger partial charge in [0.1, 0.15) is 0 Å². The van der Waals surface area contributed by atoms with Gasteiger partial charge in [-0.2, -0.15) is 0 Å². The Morgan fingerprint density at radius 2 is 1.40 bits per heavy atom. The number of carbonyl (C=O) groups excluding carboxylic acids is 2. The monoisotopic (exact) mass is 685 g/mol. The number of thioether (sulfide) groups is 1. The molecule has 0 bridgehead atoms. The van der Waals surface area contributed by atoms with Crippen LogP contribution >= 0.6 is 11.8 Å². The first-order chi connectivity index (χ1) is 24.3. The van der Waals surface area contributed by atoms with Crippen LogP contribution in [-0.2, 0) is 22.6 Å². The second-order valence-electron chi connectivity index (χ2n) is 12.5. The number of imide groups is 1. The Bertz CT molecular complexity index is 1990. The van der Waals surface area contributed by atoms with Crippen molar-refractivity contribution in [3.05, 3.63) is 160 Å². The van der Waals surface area contributed by atoms with Crippen molar-refractivity contribution in [3.63, 3.8) is 0 Å². The highest BCUT2D eigenvalue weighted by atomic mass is 32.2. The minimum atomic E-state index is -0.957. The van der Waals surface area contributed by atoms with E-state index in [1.54, 1.807) is 48.2 Å². The van der Waals surface area contributed by atoms with Gasteiger partial charge in [0.25, 0.3) is 11.8 Å². The molecular formula is C41H35NO7S. The second kappa shape index (κ2) is 14.4. The first-order valence-corrected chi connectivity index (χ1v) is 17.4. The highest BCUT2D eigenvalue weighted by Gasteiger charge is 2.38. The van der Waals surface area contributed by atoms with Gasteiger partial charge in [-0.3, -0.25) is 14.5 Å². The molecule has 252 valence electrons. The Morgan fingerprint density at radius 1 is 0.740 bits per heavy atom. The Labute approximate surface area is 294 Å². The number of hydrogen-bond donors (Lipinski definition) is 2. The van der Waals surface area contributed by atoms with Crippen LogP contribution in [-0.4, -0.2) is 44.8 Å². The van der Waals surface area contributed by atoms with Gasteiger partial charge in [0, 0.05) is 22.1 Å². The van der Waals surface area contributed by atoms with Crippen molar-refractivity contribution in [1.82, 2.24) is 4.90 Å². The maximum absolute atomic E-state index is 12.9. The Balaban J connectivity index is 1.09.